The number of amides is 1. The Bertz CT molecular complexity index is 680. The Labute approximate surface area is 146 Å². The molecule has 1 aliphatic heterocycles. The summed E-state index contributed by atoms with van der Waals surface area (Å²) >= 11 is 1.45. The number of nitrogens with zero attached hydrogens (tertiary/aromatic N) is 3. The summed E-state index contributed by atoms with van der Waals surface area (Å²) in [6.45, 7) is 5.23. The Kier molecular flexibility index (Phi) is 5.42. The Balaban J connectivity index is 1.56. The van der Waals surface area contributed by atoms with Crippen LogP contribution >= 0.6 is 11.8 Å². The van der Waals surface area contributed by atoms with Crippen molar-refractivity contribution < 1.29 is 9.53 Å². The van der Waals surface area contributed by atoms with Gasteiger partial charge >= 0.3 is 0 Å². The van der Waals surface area contributed by atoms with Crippen molar-refractivity contribution in [2.45, 2.75) is 17.3 Å². The molecule has 0 unspecified atom stereocenters. The van der Waals surface area contributed by atoms with Crippen molar-refractivity contribution in [2.75, 3.05) is 36.5 Å². The molecule has 2 aromatic rings. The molecular formula is C17H22N4O2S. The van der Waals surface area contributed by atoms with Gasteiger partial charge < -0.3 is 19.5 Å². The largest absolute Gasteiger partial charge is 0.378 e. The number of ether oxygens (including phenoxy) is 1. The summed E-state index contributed by atoms with van der Waals surface area (Å²) in [6, 6.07) is 7.97. The summed E-state index contributed by atoms with van der Waals surface area (Å²) in [4.78, 5) is 18.9. The molecule has 1 saturated heterocycles. The van der Waals surface area contributed by atoms with Gasteiger partial charge in [0.25, 0.3) is 0 Å². The monoisotopic (exact) mass is 346 g/mol. The van der Waals surface area contributed by atoms with Crippen LogP contribution in [0.2, 0.25) is 0 Å². The number of imidazole rings is 1. The Morgan fingerprint density at radius 1 is 1.29 bits per heavy atom. The molecule has 6 nitrogen and oxygen atoms in total. The van der Waals surface area contributed by atoms with Crippen LogP contribution in [-0.2, 0) is 16.6 Å². The Morgan fingerprint density at radius 3 is 2.62 bits per heavy atom. The van der Waals surface area contributed by atoms with E-state index in [-0.39, 0.29) is 11.2 Å². The van der Waals surface area contributed by atoms with E-state index in [0.717, 1.165) is 42.8 Å². The first-order valence-electron chi connectivity index (χ1n) is 8.01. The zero-order valence-corrected chi connectivity index (χ0v) is 14.8. The molecule has 0 saturated carbocycles. The van der Waals surface area contributed by atoms with Crippen molar-refractivity contribution in [3.8, 4) is 0 Å². The van der Waals surface area contributed by atoms with E-state index < -0.39 is 0 Å². The number of aromatic nitrogens is 2. The maximum absolute atomic E-state index is 12.3. The number of carbonyl (C=O) groups is 1. The summed E-state index contributed by atoms with van der Waals surface area (Å²) in [5, 5.41) is 3.58. The van der Waals surface area contributed by atoms with Crippen LogP contribution in [-0.4, -0.2) is 47.0 Å². The van der Waals surface area contributed by atoms with Crippen LogP contribution in [0.1, 0.15) is 6.92 Å². The number of nitrogens with one attached hydrogen (secondary N) is 1. The topological polar surface area (TPSA) is 59.4 Å². The first-order valence-corrected chi connectivity index (χ1v) is 8.89. The van der Waals surface area contributed by atoms with Crippen LogP contribution in [0.3, 0.4) is 0 Å². The summed E-state index contributed by atoms with van der Waals surface area (Å²) < 4.78 is 7.28. The maximum Gasteiger partial charge on any atom is 0.237 e. The van der Waals surface area contributed by atoms with Gasteiger partial charge in [-0.15, -0.1) is 0 Å². The standard InChI is InChI=1S/C17H22N4O2S/c1-13(24-17-18-7-8-20(17)2)16(22)19-14-3-5-15(6-4-14)21-9-11-23-12-10-21/h3-8,13H,9-12H2,1-2H3,(H,19,22)/t13-/m0/s1. The number of thioether (sulfide) groups is 1. The van der Waals surface area contributed by atoms with E-state index in [4.69, 9.17) is 4.74 Å². The lowest BCUT2D eigenvalue weighted by Crippen LogP contribution is -2.36. The first kappa shape index (κ1) is 16.9. The van der Waals surface area contributed by atoms with Crippen molar-refractivity contribution >= 4 is 29.0 Å². The molecule has 7 heteroatoms. The molecule has 0 radical (unpaired) electrons. The third kappa shape index (κ3) is 4.10. The molecule has 1 amide bonds. The first-order chi connectivity index (χ1) is 11.6. The quantitative estimate of drug-likeness (QED) is 0.843. The third-order valence-electron chi connectivity index (χ3n) is 3.94. The number of anilines is 2. The van der Waals surface area contributed by atoms with Gasteiger partial charge in [0.05, 0.1) is 18.5 Å². The van der Waals surface area contributed by atoms with Crippen LogP contribution in [0.4, 0.5) is 11.4 Å². The minimum absolute atomic E-state index is 0.0258. The minimum Gasteiger partial charge on any atom is -0.378 e. The lowest BCUT2D eigenvalue weighted by Gasteiger charge is -2.28. The molecule has 0 spiro atoms. The van der Waals surface area contributed by atoms with Crippen molar-refractivity contribution in [3.05, 3.63) is 36.7 Å². The van der Waals surface area contributed by atoms with E-state index in [9.17, 15) is 4.79 Å². The predicted molar refractivity (Wildman–Crippen MR) is 96.6 cm³/mol. The van der Waals surface area contributed by atoms with E-state index in [2.05, 4.69) is 15.2 Å². The fourth-order valence-corrected chi connectivity index (χ4v) is 3.33. The number of rotatable bonds is 5. The zero-order chi connectivity index (χ0) is 16.9. The molecule has 1 aromatic heterocycles. The molecular weight excluding hydrogens is 324 g/mol. The molecule has 128 valence electrons. The average Bonchev–Trinajstić information content (AvgIpc) is 3.01. The second kappa shape index (κ2) is 7.72. The van der Waals surface area contributed by atoms with E-state index in [1.807, 2.05) is 49.0 Å². The van der Waals surface area contributed by atoms with Crippen molar-refractivity contribution in [1.29, 1.82) is 0 Å². The highest BCUT2D eigenvalue weighted by Gasteiger charge is 2.17. The highest BCUT2D eigenvalue weighted by molar-refractivity contribution is 8.00. The summed E-state index contributed by atoms with van der Waals surface area (Å²) in [5.74, 6) is -0.0258. The molecule has 1 aromatic carbocycles. The van der Waals surface area contributed by atoms with Gasteiger partial charge in [-0.05, 0) is 31.2 Å². The van der Waals surface area contributed by atoms with Crippen LogP contribution in [0.5, 0.6) is 0 Å². The van der Waals surface area contributed by atoms with Gasteiger partial charge in [-0.1, -0.05) is 11.8 Å². The molecule has 1 N–H and O–H groups in total. The molecule has 0 aliphatic carbocycles. The van der Waals surface area contributed by atoms with Gasteiger partial charge in [0.2, 0.25) is 5.91 Å². The van der Waals surface area contributed by atoms with Gasteiger partial charge in [0.15, 0.2) is 5.16 Å². The zero-order valence-electron chi connectivity index (χ0n) is 13.9. The maximum atomic E-state index is 12.3. The fraction of sp³-hybridized carbons (Fsp3) is 0.412. The average molecular weight is 346 g/mol. The molecule has 24 heavy (non-hydrogen) atoms. The molecule has 2 heterocycles. The van der Waals surface area contributed by atoms with E-state index in [1.54, 1.807) is 6.20 Å². The number of morpholine rings is 1. The SMILES string of the molecule is C[C@H](Sc1nccn1C)C(=O)Nc1ccc(N2CCOCC2)cc1. The molecule has 1 aliphatic rings. The molecule has 0 bridgehead atoms. The number of carbonyl (C=O) groups excluding carboxylic acids is 1. The lowest BCUT2D eigenvalue weighted by atomic mass is 10.2. The van der Waals surface area contributed by atoms with Crippen molar-refractivity contribution in [1.82, 2.24) is 9.55 Å². The number of benzene rings is 1. The summed E-state index contributed by atoms with van der Waals surface area (Å²) in [5.41, 5.74) is 1.97. The minimum atomic E-state index is -0.218. The van der Waals surface area contributed by atoms with Gasteiger partial charge in [-0.2, -0.15) is 0 Å². The smallest absolute Gasteiger partial charge is 0.237 e. The van der Waals surface area contributed by atoms with E-state index in [1.165, 1.54) is 11.8 Å². The lowest BCUT2D eigenvalue weighted by molar-refractivity contribution is -0.115. The van der Waals surface area contributed by atoms with Gasteiger partial charge in [-0.3, -0.25) is 4.79 Å². The van der Waals surface area contributed by atoms with Crippen molar-refractivity contribution in [3.63, 3.8) is 0 Å². The van der Waals surface area contributed by atoms with Crippen LogP contribution < -0.4 is 10.2 Å². The Hall–Kier alpha value is -1.99. The number of hydrogen-bond acceptors (Lipinski definition) is 5. The summed E-state index contributed by atoms with van der Waals surface area (Å²) in [7, 11) is 1.92. The van der Waals surface area contributed by atoms with Crippen LogP contribution in [0.25, 0.3) is 0 Å². The third-order valence-corrected chi connectivity index (χ3v) is 5.11. The van der Waals surface area contributed by atoms with Crippen molar-refractivity contribution in [2.24, 2.45) is 7.05 Å². The highest BCUT2D eigenvalue weighted by atomic mass is 32.2. The summed E-state index contributed by atoms with van der Waals surface area (Å²) in [6.07, 6.45) is 3.61. The fourth-order valence-electron chi connectivity index (χ4n) is 2.50. The normalized spacial score (nSPS) is 16.0. The second-order valence-corrected chi connectivity index (χ2v) is 7.02. The Morgan fingerprint density at radius 2 is 2.00 bits per heavy atom. The molecule has 1 atom stereocenters. The van der Waals surface area contributed by atoms with Gasteiger partial charge in [-0.25, -0.2) is 4.98 Å². The molecule has 3 rings (SSSR count). The van der Waals surface area contributed by atoms with Gasteiger partial charge in [0, 0.05) is 43.9 Å². The highest BCUT2D eigenvalue weighted by Crippen LogP contribution is 2.23. The number of aryl methyl sites for hydroxylation is 1. The number of hydrogen-bond donors (Lipinski definition) is 1. The van der Waals surface area contributed by atoms with E-state index in [0.29, 0.717) is 0 Å². The van der Waals surface area contributed by atoms with Gasteiger partial charge in [0.1, 0.15) is 0 Å². The second-order valence-electron chi connectivity index (χ2n) is 5.72. The molecule has 1 fully saturated rings. The van der Waals surface area contributed by atoms with E-state index >= 15 is 0 Å². The van der Waals surface area contributed by atoms with Crippen LogP contribution in [0.15, 0.2) is 41.8 Å². The predicted octanol–water partition coefficient (Wildman–Crippen LogP) is 2.38. The van der Waals surface area contributed by atoms with Crippen LogP contribution in [0, 0.1) is 0 Å².